The molecule has 4 rings (SSSR count). The average molecular weight is 337 g/mol. The molecule has 1 aromatic rings. The molecule has 0 amide bonds. The van der Waals surface area contributed by atoms with Gasteiger partial charge in [-0.05, 0) is 73.1 Å². The molecule has 0 N–H and O–H groups in total. The first-order valence-electron chi connectivity index (χ1n) is 8.51. The van der Waals surface area contributed by atoms with Crippen LogP contribution in [0.1, 0.15) is 39.5 Å². The van der Waals surface area contributed by atoms with Crippen molar-refractivity contribution in [1.29, 1.82) is 0 Å². The number of carbonyl (C=O) groups excluding carboxylic acids is 1. The van der Waals surface area contributed by atoms with Crippen molar-refractivity contribution in [2.75, 3.05) is 13.2 Å². The molecule has 126 valence electrons. The van der Waals surface area contributed by atoms with Gasteiger partial charge < -0.3 is 9.47 Å². The van der Waals surface area contributed by atoms with Crippen LogP contribution in [0.2, 0.25) is 5.02 Å². The van der Waals surface area contributed by atoms with E-state index in [-0.39, 0.29) is 12.6 Å². The molecule has 4 heteroatoms. The number of carbonyl (C=O) groups is 1. The van der Waals surface area contributed by atoms with E-state index in [1.54, 1.807) is 24.3 Å². The van der Waals surface area contributed by atoms with Gasteiger partial charge in [0, 0.05) is 5.02 Å². The predicted molar refractivity (Wildman–Crippen MR) is 90.6 cm³/mol. The van der Waals surface area contributed by atoms with Gasteiger partial charge in [-0.15, -0.1) is 0 Å². The topological polar surface area (TPSA) is 35.5 Å². The maximum atomic E-state index is 11.8. The Labute approximate surface area is 143 Å². The van der Waals surface area contributed by atoms with Gasteiger partial charge in [-0.2, -0.15) is 0 Å². The van der Waals surface area contributed by atoms with Crippen LogP contribution in [0.15, 0.2) is 24.3 Å². The molecule has 0 saturated heterocycles. The maximum absolute atomic E-state index is 11.8. The van der Waals surface area contributed by atoms with Crippen LogP contribution in [-0.2, 0) is 9.53 Å². The van der Waals surface area contributed by atoms with Crippen molar-refractivity contribution in [3.05, 3.63) is 29.3 Å². The van der Waals surface area contributed by atoms with E-state index in [4.69, 9.17) is 21.1 Å². The van der Waals surface area contributed by atoms with Gasteiger partial charge in [0.25, 0.3) is 0 Å². The van der Waals surface area contributed by atoms with Gasteiger partial charge in [-0.1, -0.05) is 25.4 Å². The summed E-state index contributed by atoms with van der Waals surface area (Å²) in [5.41, 5.74) is 0.491. The Balaban J connectivity index is 1.36. The number of ether oxygens (including phenoxy) is 2. The Bertz CT molecular complexity index is 550. The first-order valence-corrected chi connectivity index (χ1v) is 8.88. The largest absolute Gasteiger partial charge is 0.482 e. The Morgan fingerprint density at radius 2 is 2.00 bits per heavy atom. The molecule has 3 fully saturated rings. The van der Waals surface area contributed by atoms with E-state index in [0.29, 0.717) is 28.7 Å². The second kappa shape index (κ2) is 6.72. The molecule has 0 spiro atoms. The fourth-order valence-electron chi connectivity index (χ4n) is 4.35. The Morgan fingerprint density at radius 1 is 1.26 bits per heavy atom. The van der Waals surface area contributed by atoms with Crippen LogP contribution in [0, 0.1) is 23.2 Å². The number of rotatable bonds is 6. The number of hydrogen-bond donors (Lipinski definition) is 0. The Hall–Kier alpha value is -1.22. The molecular weight excluding hydrogens is 312 g/mol. The highest BCUT2D eigenvalue weighted by molar-refractivity contribution is 6.30. The third-order valence-corrected chi connectivity index (χ3v) is 6.18. The summed E-state index contributed by atoms with van der Waals surface area (Å²) in [4.78, 5) is 11.8. The Kier molecular flexibility index (Phi) is 4.86. The van der Waals surface area contributed by atoms with Crippen molar-refractivity contribution in [3.8, 4) is 5.75 Å². The maximum Gasteiger partial charge on any atom is 0.344 e. The lowest BCUT2D eigenvalue weighted by molar-refractivity contribution is -0.148. The summed E-state index contributed by atoms with van der Waals surface area (Å²) in [6.07, 6.45) is 4.97. The van der Waals surface area contributed by atoms with Crippen LogP contribution in [-0.4, -0.2) is 19.2 Å². The first kappa shape index (κ1) is 16.6. The fourth-order valence-corrected chi connectivity index (χ4v) is 4.47. The lowest BCUT2D eigenvalue weighted by Gasteiger charge is -2.60. The molecule has 3 saturated carbocycles. The zero-order valence-electron chi connectivity index (χ0n) is 13.9. The minimum absolute atomic E-state index is 0.0523. The number of esters is 1. The van der Waals surface area contributed by atoms with E-state index in [0.717, 1.165) is 18.3 Å². The molecule has 0 radical (unpaired) electrons. The van der Waals surface area contributed by atoms with Gasteiger partial charge in [0.15, 0.2) is 6.61 Å². The lowest BCUT2D eigenvalue weighted by atomic mass is 9.45. The number of halogens is 1. The van der Waals surface area contributed by atoms with Crippen molar-refractivity contribution in [1.82, 2.24) is 0 Å². The third-order valence-electron chi connectivity index (χ3n) is 5.92. The molecule has 0 aromatic heterocycles. The van der Waals surface area contributed by atoms with Crippen molar-refractivity contribution < 1.29 is 14.3 Å². The molecule has 1 aromatic carbocycles. The van der Waals surface area contributed by atoms with Crippen molar-refractivity contribution >= 4 is 17.6 Å². The van der Waals surface area contributed by atoms with Gasteiger partial charge in [0.1, 0.15) is 5.75 Å². The predicted octanol–water partition coefficient (Wildman–Crippen LogP) is 4.72. The molecule has 3 atom stereocenters. The number of hydrogen-bond acceptors (Lipinski definition) is 3. The number of benzene rings is 1. The van der Waals surface area contributed by atoms with Gasteiger partial charge in [0.2, 0.25) is 0 Å². The van der Waals surface area contributed by atoms with Crippen molar-refractivity contribution in [2.24, 2.45) is 23.2 Å². The molecule has 3 aliphatic carbocycles. The van der Waals surface area contributed by atoms with Crippen molar-refractivity contribution in [3.63, 3.8) is 0 Å². The monoisotopic (exact) mass is 336 g/mol. The molecule has 0 aliphatic heterocycles. The molecule has 3 aliphatic rings. The normalized spacial score (nSPS) is 27.9. The third kappa shape index (κ3) is 3.65. The van der Waals surface area contributed by atoms with E-state index in [1.807, 2.05) is 0 Å². The van der Waals surface area contributed by atoms with Crippen LogP contribution in [0.25, 0.3) is 0 Å². The van der Waals surface area contributed by atoms with E-state index >= 15 is 0 Å². The standard InChI is InChI=1S/C19H25ClO3/c1-19(2)14-4-3-13(17(19)11-14)9-10-22-18(21)12-23-16-7-5-15(20)6-8-16/h5-8,13-14,17H,3-4,9-12H2,1-2H3/t13-,14+,17+/m1/s1. The fraction of sp³-hybridized carbons (Fsp3) is 0.632. The lowest BCUT2D eigenvalue weighted by Crippen LogP contribution is -2.52. The van der Waals surface area contributed by atoms with Crippen LogP contribution in [0.5, 0.6) is 5.75 Å². The summed E-state index contributed by atoms with van der Waals surface area (Å²) in [5.74, 6) is 2.76. The summed E-state index contributed by atoms with van der Waals surface area (Å²) < 4.78 is 10.7. The summed E-state index contributed by atoms with van der Waals surface area (Å²) in [6, 6.07) is 6.96. The van der Waals surface area contributed by atoms with Crippen LogP contribution in [0.4, 0.5) is 0 Å². The Morgan fingerprint density at radius 3 is 2.65 bits per heavy atom. The van der Waals surface area contributed by atoms with E-state index in [1.165, 1.54) is 19.3 Å². The van der Waals surface area contributed by atoms with Gasteiger partial charge in [0.05, 0.1) is 6.61 Å². The average Bonchev–Trinajstić information content (AvgIpc) is 2.54. The highest BCUT2D eigenvalue weighted by Crippen LogP contribution is 2.61. The molecule has 23 heavy (non-hydrogen) atoms. The van der Waals surface area contributed by atoms with E-state index in [2.05, 4.69) is 13.8 Å². The molecule has 3 nitrogen and oxygen atoms in total. The van der Waals surface area contributed by atoms with Gasteiger partial charge in [-0.25, -0.2) is 4.79 Å². The van der Waals surface area contributed by atoms with Crippen LogP contribution >= 0.6 is 11.6 Å². The summed E-state index contributed by atoms with van der Waals surface area (Å²) in [6.45, 7) is 5.24. The van der Waals surface area contributed by atoms with E-state index in [9.17, 15) is 4.79 Å². The quantitative estimate of drug-likeness (QED) is 0.705. The first-order chi connectivity index (χ1) is 11.0. The second-order valence-electron chi connectivity index (χ2n) is 7.45. The zero-order valence-corrected chi connectivity index (χ0v) is 14.6. The van der Waals surface area contributed by atoms with Crippen LogP contribution < -0.4 is 4.74 Å². The highest BCUT2D eigenvalue weighted by atomic mass is 35.5. The molecular formula is C19H25ClO3. The number of fused-ring (bicyclic) bond motifs is 2. The summed E-state index contributed by atoms with van der Waals surface area (Å²) in [5, 5.41) is 0.647. The highest BCUT2D eigenvalue weighted by Gasteiger charge is 2.53. The second-order valence-corrected chi connectivity index (χ2v) is 7.89. The molecule has 0 unspecified atom stereocenters. The summed E-state index contributed by atoms with van der Waals surface area (Å²) >= 11 is 5.80. The van der Waals surface area contributed by atoms with Gasteiger partial charge >= 0.3 is 5.97 Å². The van der Waals surface area contributed by atoms with Crippen LogP contribution in [0.3, 0.4) is 0 Å². The molecule has 0 heterocycles. The zero-order chi connectivity index (χ0) is 16.4. The van der Waals surface area contributed by atoms with E-state index < -0.39 is 0 Å². The van der Waals surface area contributed by atoms with Gasteiger partial charge in [-0.3, -0.25) is 0 Å². The minimum Gasteiger partial charge on any atom is -0.482 e. The smallest absolute Gasteiger partial charge is 0.344 e. The minimum atomic E-state index is -0.304. The SMILES string of the molecule is CC1(C)[C@H]2CC[C@H](CCOC(=O)COc3ccc(Cl)cc3)[C@@H]1C2. The molecule has 2 bridgehead atoms. The summed E-state index contributed by atoms with van der Waals surface area (Å²) in [7, 11) is 0. The van der Waals surface area contributed by atoms with Crippen molar-refractivity contribution in [2.45, 2.75) is 39.5 Å².